The number of nitrogens with one attached hydrogen (secondary N) is 1. The highest BCUT2D eigenvalue weighted by Gasteiger charge is 2.19. The van der Waals surface area contributed by atoms with Crippen LogP contribution in [0, 0.1) is 5.92 Å². The van der Waals surface area contributed by atoms with Gasteiger partial charge < -0.3 is 16.0 Å². The molecule has 0 spiro atoms. The normalized spacial score (nSPS) is 10.7. The number of carbonyl (C=O) groups is 1. The van der Waals surface area contributed by atoms with Crippen LogP contribution < -0.4 is 11.1 Å². The van der Waals surface area contributed by atoms with Crippen LogP contribution in [0.4, 0.5) is 10.9 Å². The SMILES string of the molecule is CCCN(C)C(=O)c1sc(NCC(C)C)nc1N. The van der Waals surface area contributed by atoms with E-state index in [4.69, 9.17) is 5.73 Å². The van der Waals surface area contributed by atoms with Crippen LogP contribution >= 0.6 is 11.3 Å². The second-order valence-corrected chi connectivity index (χ2v) is 5.73. The molecule has 1 aromatic heterocycles. The number of hydrogen-bond donors (Lipinski definition) is 2. The number of hydrogen-bond acceptors (Lipinski definition) is 5. The summed E-state index contributed by atoms with van der Waals surface area (Å²) in [4.78, 5) is 18.5. The molecule has 1 aromatic rings. The Labute approximate surface area is 112 Å². The zero-order chi connectivity index (χ0) is 13.7. The van der Waals surface area contributed by atoms with Gasteiger partial charge in [0.1, 0.15) is 10.7 Å². The van der Waals surface area contributed by atoms with Crippen molar-refractivity contribution in [3.63, 3.8) is 0 Å². The van der Waals surface area contributed by atoms with Crippen molar-refractivity contribution >= 4 is 28.2 Å². The van der Waals surface area contributed by atoms with Gasteiger partial charge in [0.15, 0.2) is 5.13 Å². The first-order valence-corrected chi connectivity index (χ1v) is 7.03. The highest BCUT2D eigenvalue weighted by Crippen LogP contribution is 2.26. The molecule has 3 N–H and O–H groups in total. The molecule has 0 aliphatic heterocycles. The molecule has 0 saturated heterocycles. The Morgan fingerprint density at radius 2 is 2.22 bits per heavy atom. The van der Waals surface area contributed by atoms with Crippen LogP contribution in [-0.2, 0) is 0 Å². The molecule has 0 bridgehead atoms. The summed E-state index contributed by atoms with van der Waals surface area (Å²) in [5.41, 5.74) is 5.79. The lowest BCUT2D eigenvalue weighted by Gasteiger charge is -2.14. The van der Waals surface area contributed by atoms with Crippen molar-refractivity contribution in [1.82, 2.24) is 9.88 Å². The van der Waals surface area contributed by atoms with Crippen molar-refractivity contribution in [3.05, 3.63) is 4.88 Å². The number of thiazole rings is 1. The van der Waals surface area contributed by atoms with Crippen molar-refractivity contribution in [2.24, 2.45) is 5.92 Å². The Kier molecular flexibility index (Phi) is 5.40. The summed E-state index contributed by atoms with van der Waals surface area (Å²) in [5, 5.41) is 3.90. The lowest BCUT2D eigenvalue weighted by Crippen LogP contribution is -2.27. The van der Waals surface area contributed by atoms with Gasteiger partial charge in [-0.1, -0.05) is 32.1 Å². The van der Waals surface area contributed by atoms with Gasteiger partial charge in [-0.2, -0.15) is 0 Å². The third-order valence-electron chi connectivity index (χ3n) is 2.41. The summed E-state index contributed by atoms with van der Waals surface area (Å²) >= 11 is 1.33. The van der Waals surface area contributed by atoms with E-state index in [1.54, 1.807) is 11.9 Å². The predicted molar refractivity (Wildman–Crippen MR) is 77.1 cm³/mol. The minimum Gasteiger partial charge on any atom is -0.382 e. The largest absolute Gasteiger partial charge is 0.382 e. The molecule has 1 amide bonds. The van der Waals surface area contributed by atoms with Crippen molar-refractivity contribution in [2.45, 2.75) is 27.2 Å². The number of rotatable bonds is 6. The molecule has 1 heterocycles. The number of anilines is 2. The number of nitrogens with zero attached hydrogens (tertiary/aromatic N) is 2. The maximum atomic E-state index is 12.1. The fourth-order valence-electron chi connectivity index (χ4n) is 1.46. The smallest absolute Gasteiger partial charge is 0.267 e. The quantitative estimate of drug-likeness (QED) is 0.832. The first-order valence-electron chi connectivity index (χ1n) is 6.21. The predicted octanol–water partition coefficient (Wildman–Crippen LogP) is 2.28. The first kappa shape index (κ1) is 14.8. The zero-order valence-corrected chi connectivity index (χ0v) is 12.3. The average molecular weight is 270 g/mol. The molecular weight excluding hydrogens is 248 g/mol. The molecule has 0 saturated carbocycles. The van der Waals surface area contributed by atoms with Crippen LogP contribution in [-0.4, -0.2) is 35.9 Å². The van der Waals surface area contributed by atoms with Gasteiger partial charge in [0, 0.05) is 20.1 Å². The average Bonchev–Trinajstić information content (AvgIpc) is 2.67. The number of nitrogen functional groups attached to an aromatic ring is 1. The molecule has 0 atom stereocenters. The minimum absolute atomic E-state index is 0.0514. The Balaban J connectivity index is 2.74. The summed E-state index contributed by atoms with van der Waals surface area (Å²) in [5.74, 6) is 0.792. The third kappa shape index (κ3) is 3.87. The summed E-state index contributed by atoms with van der Waals surface area (Å²) in [6.07, 6.45) is 0.930. The number of aromatic nitrogens is 1. The van der Waals surface area contributed by atoms with Crippen LogP contribution in [0.15, 0.2) is 0 Å². The van der Waals surface area contributed by atoms with E-state index in [9.17, 15) is 4.79 Å². The van der Waals surface area contributed by atoms with Gasteiger partial charge in [0.2, 0.25) is 0 Å². The molecule has 0 aliphatic carbocycles. The summed E-state index contributed by atoms with van der Waals surface area (Å²) < 4.78 is 0. The summed E-state index contributed by atoms with van der Waals surface area (Å²) in [7, 11) is 1.78. The van der Waals surface area contributed by atoms with Crippen LogP contribution in [0.25, 0.3) is 0 Å². The van der Waals surface area contributed by atoms with E-state index in [0.717, 1.165) is 24.6 Å². The molecule has 18 heavy (non-hydrogen) atoms. The van der Waals surface area contributed by atoms with Crippen LogP contribution in [0.5, 0.6) is 0 Å². The first-order chi connectivity index (χ1) is 8.45. The monoisotopic (exact) mass is 270 g/mol. The maximum absolute atomic E-state index is 12.1. The van der Waals surface area contributed by atoms with Crippen molar-refractivity contribution in [1.29, 1.82) is 0 Å². The number of carbonyl (C=O) groups excluding carboxylic acids is 1. The summed E-state index contributed by atoms with van der Waals surface area (Å²) in [6, 6.07) is 0. The van der Waals surface area contributed by atoms with Gasteiger partial charge in [0.25, 0.3) is 5.91 Å². The van der Waals surface area contributed by atoms with Gasteiger partial charge in [-0.25, -0.2) is 4.98 Å². The molecule has 0 fully saturated rings. The van der Waals surface area contributed by atoms with Crippen molar-refractivity contribution < 1.29 is 4.79 Å². The highest BCUT2D eigenvalue weighted by atomic mass is 32.1. The maximum Gasteiger partial charge on any atom is 0.267 e. The van der Waals surface area contributed by atoms with E-state index in [2.05, 4.69) is 24.1 Å². The van der Waals surface area contributed by atoms with E-state index in [1.807, 2.05) is 6.92 Å². The standard InChI is InChI=1S/C12H22N4OS/c1-5-6-16(4)11(17)9-10(13)15-12(18-9)14-7-8(2)3/h8H,5-7,13H2,1-4H3,(H,14,15). The van der Waals surface area contributed by atoms with E-state index in [1.165, 1.54) is 11.3 Å². The van der Waals surface area contributed by atoms with Gasteiger partial charge >= 0.3 is 0 Å². The van der Waals surface area contributed by atoms with Crippen molar-refractivity contribution in [3.8, 4) is 0 Å². The lowest BCUT2D eigenvalue weighted by molar-refractivity contribution is 0.0800. The van der Waals surface area contributed by atoms with Gasteiger partial charge in [-0.05, 0) is 12.3 Å². The minimum atomic E-state index is -0.0514. The summed E-state index contributed by atoms with van der Waals surface area (Å²) in [6.45, 7) is 7.82. The Morgan fingerprint density at radius 3 is 2.78 bits per heavy atom. The molecule has 1 rings (SSSR count). The van der Waals surface area contributed by atoms with E-state index in [-0.39, 0.29) is 5.91 Å². The van der Waals surface area contributed by atoms with E-state index < -0.39 is 0 Å². The van der Waals surface area contributed by atoms with Crippen LogP contribution in [0.2, 0.25) is 0 Å². The van der Waals surface area contributed by atoms with Crippen LogP contribution in [0.1, 0.15) is 36.9 Å². The second kappa shape index (κ2) is 6.58. The Hall–Kier alpha value is -1.30. The molecule has 5 nitrogen and oxygen atoms in total. The number of amides is 1. The molecular formula is C12H22N4OS. The fourth-order valence-corrected chi connectivity index (χ4v) is 2.35. The molecule has 6 heteroatoms. The third-order valence-corrected chi connectivity index (χ3v) is 3.43. The van der Waals surface area contributed by atoms with E-state index in [0.29, 0.717) is 16.6 Å². The molecule has 0 radical (unpaired) electrons. The highest BCUT2D eigenvalue weighted by molar-refractivity contribution is 7.18. The molecule has 0 aromatic carbocycles. The van der Waals surface area contributed by atoms with Gasteiger partial charge in [-0.15, -0.1) is 0 Å². The van der Waals surface area contributed by atoms with Gasteiger partial charge in [0.05, 0.1) is 0 Å². The zero-order valence-electron chi connectivity index (χ0n) is 11.5. The molecule has 0 aliphatic rings. The molecule has 0 unspecified atom stereocenters. The lowest BCUT2D eigenvalue weighted by atomic mass is 10.2. The van der Waals surface area contributed by atoms with Crippen LogP contribution in [0.3, 0.4) is 0 Å². The molecule has 102 valence electrons. The fraction of sp³-hybridized carbons (Fsp3) is 0.667. The Morgan fingerprint density at radius 1 is 1.56 bits per heavy atom. The van der Waals surface area contributed by atoms with E-state index >= 15 is 0 Å². The Bertz CT molecular complexity index is 403. The number of nitrogens with two attached hydrogens (primary N) is 1. The second-order valence-electron chi connectivity index (χ2n) is 4.73. The topological polar surface area (TPSA) is 71.2 Å². The van der Waals surface area contributed by atoms with Crippen molar-refractivity contribution in [2.75, 3.05) is 31.2 Å². The van der Waals surface area contributed by atoms with Gasteiger partial charge in [-0.3, -0.25) is 4.79 Å².